The Balaban J connectivity index is 1.54. The van der Waals surface area contributed by atoms with Gasteiger partial charge in [-0.1, -0.05) is 0 Å². The topological polar surface area (TPSA) is 88.3 Å². The molecule has 3 aromatic rings. The zero-order chi connectivity index (χ0) is 22.2. The molecule has 2 unspecified atom stereocenters. The van der Waals surface area contributed by atoms with Gasteiger partial charge in [0.1, 0.15) is 17.8 Å². The summed E-state index contributed by atoms with van der Waals surface area (Å²) >= 11 is 0. The van der Waals surface area contributed by atoms with E-state index in [1.165, 1.54) is 0 Å². The van der Waals surface area contributed by atoms with Gasteiger partial charge in [-0.3, -0.25) is 0 Å². The minimum Gasteiger partial charge on any atom is -0.394 e. The number of morpholine rings is 1. The number of nitrogens with zero attached hydrogens (tertiary/aromatic N) is 5. The summed E-state index contributed by atoms with van der Waals surface area (Å²) in [6.07, 6.45) is 1.48. The minimum atomic E-state index is -0.898. The molecule has 0 spiro atoms. The lowest BCUT2D eigenvalue weighted by molar-refractivity contribution is 0.00335. The van der Waals surface area contributed by atoms with Crippen LogP contribution in [-0.4, -0.2) is 76.5 Å². The van der Waals surface area contributed by atoms with Gasteiger partial charge in [-0.15, -0.1) is 0 Å². The highest BCUT2D eigenvalue weighted by molar-refractivity contribution is 5.82. The number of rotatable bonds is 4. The van der Waals surface area contributed by atoms with Crippen molar-refractivity contribution in [2.24, 2.45) is 0 Å². The number of aliphatic hydroxyl groups excluding tert-OH is 1. The lowest BCUT2D eigenvalue weighted by atomic mass is 9.85. The van der Waals surface area contributed by atoms with E-state index in [9.17, 15) is 9.50 Å². The van der Waals surface area contributed by atoms with E-state index in [0.29, 0.717) is 37.9 Å². The summed E-state index contributed by atoms with van der Waals surface area (Å²) in [5.41, 5.74) is 3.04. The van der Waals surface area contributed by atoms with Gasteiger partial charge in [0.2, 0.25) is 0 Å². The first-order chi connectivity index (χ1) is 15.5. The number of aryl methyl sites for hydroxylation is 2. The number of aromatic nitrogens is 4. The Morgan fingerprint density at radius 1 is 1.22 bits per heavy atom. The lowest BCUT2D eigenvalue weighted by Gasteiger charge is -2.33. The highest BCUT2D eigenvalue weighted by Gasteiger charge is 2.28. The summed E-state index contributed by atoms with van der Waals surface area (Å²) in [5, 5.41) is 18.2. The third-order valence-electron chi connectivity index (χ3n) is 6.46. The van der Waals surface area contributed by atoms with Crippen LogP contribution in [0.4, 0.5) is 10.2 Å². The van der Waals surface area contributed by atoms with Crippen molar-refractivity contribution >= 4 is 16.7 Å². The second kappa shape index (κ2) is 8.73. The number of aliphatic hydroxyl groups is 1. The minimum absolute atomic E-state index is 0.0222. The van der Waals surface area contributed by atoms with Gasteiger partial charge in [0.25, 0.3) is 0 Å². The lowest BCUT2D eigenvalue weighted by Crippen LogP contribution is -2.44. The molecule has 0 saturated carbocycles. The van der Waals surface area contributed by atoms with Crippen LogP contribution in [0.25, 0.3) is 16.7 Å². The number of halogens is 1. The van der Waals surface area contributed by atoms with Gasteiger partial charge in [0, 0.05) is 37.0 Å². The predicted molar refractivity (Wildman–Crippen MR) is 120 cm³/mol. The molecule has 8 nitrogen and oxygen atoms in total. The van der Waals surface area contributed by atoms with Gasteiger partial charge < -0.3 is 20.1 Å². The number of ether oxygens (including phenoxy) is 1. The largest absolute Gasteiger partial charge is 0.394 e. The van der Waals surface area contributed by atoms with Crippen molar-refractivity contribution in [3.8, 4) is 5.82 Å². The molecule has 1 aromatic carbocycles. The molecule has 0 aliphatic carbocycles. The molecule has 9 heteroatoms. The van der Waals surface area contributed by atoms with E-state index < -0.39 is 6.17 Å². The van der Waals surface area contributed by atoms with E-state index in [1.807, 2.05) is 30.8 Å². The van der Waals surface area contributed by atoms with Gasteiger partial charge in [0.15, 0.2) is 5.82 Å². The molecule has 2 aliphatic rings. The molecular weight excluding hydrogens is 411 g/mol. The van der Waals surface area contributed by atoms with Gasteiger partial charge in [-0.25, -0.2) is 19.0 Å². The molecule has 5 rings (SSSR count). The van der Waals surface area contributed by atoms with Gasteiger partial charge in [-0.2, -0.15) is 5.10 Å². The first kappa shape index (κ1) is 21.2. The maximum absolute atomic E-state index is 14.7. The summed E-state index contributed by atoms with van der Waals surface area (Å²) in [5.74, 6) is 1.98. The molecule has 32 heavy (non-hydrogen) atoms. The zero-order valence-electron chi connectivity index (χ0n) is 18.5. The molecular formula is C23H29FN6O2. The fourth-order valence-corrected chi connectivity index (χ4v) is 4.80. The highest BCUT2D eigenvalue weighted by Crippen LogP contribution is 2.33. The van der Waals surface area contributed by atoms with Crippen LogP contribution < -0.4 is 10.2 Å². The van der Waals surface area contributed by atoms with Crippen LogP contribution in [-0.2, 0) is 4.74 Å². The first-order valence-electron chi connectivity index (χ1n) is 11.2. The van der Waals surface area contributed by atoms with Crippen LogP contribution in [0.5, 0.6) is 0 Å². The van der Waals surface area contributed by atoms with Gasteiger partial charge >= 0.3 is 0 Å². The molecule has 0 bridgehead atoms. The third-order valence-corrected chi connectivity index (χ3v) is 6.46. The fraction of sp³-hybridized carbons (Fsp3) is 0.522. The van der Waals surface area contributed by atoms with Crippen LogP contribution >= 0.6 is 0 Å². The van der Waals surface area contributed by atoms with Crippen molar-refractivity contribution < 1.29 is 14.2 Å². The number of anilines is 1. The standard InChI is InChI=1S/C23H29FN6O2/c1-14-7-16-10-26-30(21(16)8-19(14)18-3-4-25-11-20(18)24)23-9-22(27-15(2)28-23)29-5-6-32-17(12-29)13-31/h7-10,17-18,20,25,31H,3-6,11-13H2,1-2H3/t17-,18?,20?/m0/s1. The summed E-state index contributed by atoms with van der Waals surface area (Å²) in [6, 6.07) is 6.08. The molecule has 2 aliphatic heterocycles. The molecule has 2 fully saturated rings. The molecule has 3 atom stereocenters. The average molecular weight is 441 g/mol. The number of alkyl halides is 1. The van der Waals surface area contributed by atoms with Crippen LogP contribution in [0.15, 0.2) is 24.4 Å². The van der Waals surface area contributed by atoms with Crippen molar-refractivity contribution in [3.63, 3.8) is 0 Å². The number of hydrogen-bond donors (Lipinski definition) is 2. The van der Waals surface area contributed by atoms with Crippen molar-refractivity contribution in [1.29, 1.82) is 0 Å². The molecule has 0 radical (unpaired) electrons. The van der Waals surface area contributed by atoms with E-state index in [2.05, 4.69) is 37.4 Å². The van der Waals surface area contributed by atoms with Crippen LogP contribution in [0.1, 0.15) is 29.3 Å². The number of piperidine rings is 1. The van der Waals surface area contributed by atoms with Gasteiger partial charge in [-0.05, 0) is 50.1 Å². The Kier molecular flexibility index (Phi) is 5.79. The maximum Gasteiger partial charge on any atom is 0.159 e. The number of benzene rings is 1. The van der Waals surface area contributed by atoms with Crippen molar-refractivity contribution in [1.82, 2.24) is 25.1 Å². The molecule has 2 saturated heterocycles. The Labute approximate surface area is 186 Å². The number of fused-ring (bicyclic) bond motifs is 1. The first-order valence-corrected chi connectivity index (χ1v) is 11.2. The zero-order valence-corrected chi connectivity index (χ0v) is 18.5. The third kappa shape index (κ3) is 3.96. The van der Waals surface area contributed by atoms with Crippen molar-refractivity contribution in [2.45, 2.75) is 38.5 Å². The Bertz CT molecular complexity index is 1120. The number of nitrogens with one attached hydrogen (secondary N) is 1. The second-order valence-electron chi connectivity index (χ2n) is 8.69. The van der Waals surface area contributed by atoms with Crippen LogP contribution in [0, 0.1) is 13.8 Å². The Hall–Kier alpha value is -2.62. The predicted octanol–water partition coefficient (Wildman–Crippen LogP) is 2.04. The van der Waals surface area contributed by atoms with E-state index in [-0.39, 0.29) is 18.6 Å². The molecule has 170 valence electrons. The van der Waals surface area contributed by atoms with Crippen LogP contribution in [0.2, 0.25) is 0 Å². The normalized spacial score (nSPS) is 24.2. The average Bonchev–Trinajstić information content (AvgIpc) is 3.21. The highest BCUT2D eigenvalue weighted by atomic mass is 19.1. The monoisotopic (exact) mass is 440 g/mol. The summed E-state index contributed by atoms with van der Waals surface area (Å²) in [6.45, 7) is 6.91. The van der Waals surface area contributed by atoms with E-state index >= 15 is 0 Å². The van der Waals surface area contributed by atoms with E-state index in [4.69, 9.17) is 4.74 Å². The second-order valence-corrected chi connectivity index (χ2v) is 8.69. The number of hydrogen-bond acceptors (Lipinski definition) is 7. The smallest absolute Gasteiger partial charge is 0.159 e. The quantitative estimate of drug-likeness (QED) is 0.642. The van der Waals surface area contributed by atoms with Crippen LogP contribution in [0.3, 0.4) is 0 Å². The maximum atomic E-state index is 14.7. The van der Waals surface area contributed by atoms with E-state index in [1.54, 1.807) is 0 Å². The summed E-state index contributed by atoms with van der Waals surface area (Å²) in [7, 11) is 0. The van der Waals surface area contributed by atoms with Gasteiger partial charge in [0.05, 0.1) is 31.0 Å². The summed E-state index contributed by atoms with van der Waals surface area (Å²) in [4.78, 5) is 11.4. The van der Waals surface area contributed by atoms with E-state index in [0.717, 1.165) is 40.8 Å². The summed E-state index contributed by atoms with van der Waals surface area (Å²) < 4.78 is 22.1. The fourth-order valence-electron chi connectivity index (χ4n) is 4.80. The van der Waals surface area contributed by atoms with Crippen molar-refractivity contribution in [3.05, 3.63) is 41.3 Å². The molecule has 2 N–H and O–H groups in total. The Morgan fingerprint density at radius 3 is 2.88 bits per heavy atom. The molecule has 0 amide bonds. The molecule has 2 aromatic heterocycles. The van der Waals surface area contributed by atoms with Crippen molar-refractivity contribution in [2.75, 3.05) is 44.3 Å². The Morgan fingerprint density at radius 2 is 2.06 bits per heavy atom. The SMILES string of the molecule is Cc1nc(N2CCO[C@H](CO)C2)cc(-n2ncc3cc(C)c(C4CCNCC4F)cc32)n1. The molecule has 4 heterocycles.